The number of carbonyl (C=O) groups is 2. The van der Waals surface area contributed by atoms with Crippen LogP contribution in [0.15, 0.2) is 42.9 Å². The first-order chi connectivity index (χ1) is 14.0. The summed E-state index contributed by atoms with van der Waals surface area (Å²) in [7, 11) is 0. The minimum Gasteiger partial charge on any atom is -0.338 e. The fourth-order valence-electron chi connectivity index (χ4n) is 4.53. The topological polar surface area (TPSA) is 66.4 Å². The predicted octanol–water partition coefficient (Wildman–Crippen LogP) is 3.25. The molecule has 2 aromatic rings. The summed E-state index contributed by atoms with van der Waals surface area (Å²) in [6, 6.07) is 8.56. The van der Waals surface area contributed by atoms with Crippen molar-refractivity contribution in [3.8, 4) is 0 Å². The third kappa shape index (κ3) is 3.88. The van der Waals surface area contributed by atoms with Gasteiger partial charge in [-0.15, -0.1) is 0 Å². The van der Waals surface area contributed by atoms with Gasteiger partial charge in [0.25, 0.3) is 5.91 Å². The van der Waals surface area contributed by atoms with Crippen molar-refractivity contribution in [3.63, 3.8) is 0 Å². The summed E-state index contributed by atoms with van der Waals surface area (Å²) in [6.07, 6.45) is 7.11. The molecule has 152 valence electrons. The van der Waals surface area contributed by atoms with Crippen molar-refractivity contribution >= 4 is 11.8 Å². The van der Waals surface area contributed by atoms with E-state index in [0.29, 0.717) is 31.2 Å². The fraction of sp³-hybridized carbons (Fsp3) is 0.478. The highest BCUT2D eigenvalue weighted by Gasteiger charge is 2.49. The Kier molecular flexibility index (Phi) is 5.35. The van der Waals surface area contributed by atoms with E-state index in [2.05, 4.69) is 48.1 Å². The van der Waals surface area contributed by atoms with Crippen LogP contribution in [-0.4, -0.2) is 51.2 Å². The first-order valence-corrected chi connectivity index (χ1v) is 10.4. The highest BCUT2D eigenvalue weighted by atomic mass is 16.2. The number of hydrogen-bond acceptors (Lipinski definition) is 4. The molecule has 6 heteroatoms. The average Bonchev–Trinajstić information content (AvgIpc) is 3.17. The van der Waals surface area contributed by atoms with Crippen molar-refractivity contribution in [3.05, 3.63) is 59.7 Å². The van der Waals surface area contributed by atoms with Crippen LogP contribution in [0.2, 0.25) is 0 Å². The summed E-state index contributed by atoms with van der Waals surface area (Å²) in [6.45, 7) is 6.85. The second kappa shape index (κ2) is 7.93. The maximum Gasteiger partial charge on any atom is 0.274 e. The molecule has 0 saturated carbocycles. The molecule has 1 spiro atoms. The zero-order chi connectivity index (χ0) is 20.4. The molecule has 1 aromatic heterocycles. The molecule has 2 saturated heterocycles. The van der Waals surface area contributed by atoms with Crippen LogP contribution in [-0.2, 0) is 11.3 Å². The average molecular weight is 393 g/mol. The monoisotopic (exact) mass is 392 g/mol. The van der Waals surface area contributed by atoms with E-state index in [1.807, 2.05) is 4.90 Å². The maximum absolute atomic E-state index is 13.4. The zero-order valence-electron chi connectivity index (χ0n) is 17.2. The van der Waals surface area contributed by atoms with Gasteiger partial charge in [0.05, 0.1) is 11.6 Å². The Labute approximate surface area is 172 Å². The second-order valence-corrected chi connectivity index (χ2v) is 8.57. The van der Waals surface area contributed by atoms with E-state index in [0.717, 1.165) is 31.4 Å². The molecule has 1 atom stereocenters. The largest absolute Gasteiger partial charge is 0.338 e. The molecule has 0 radical (unpaired) electrons. The Balaban J connectivity index is 1.45. The van der Waals surface area contributed by atoms with Crippen LogP contribution in [0.3, 0.4) is 0 Å². The molecule has 2 aliphatic heterocycles. The molecular formula is C23H28N4O2. The molecule has 6 nitrogen and oxygen atoms in total. The van der Waals surface area contributed by atoms with Crippen LogP contribution in [0.4, 0.5) is 0 Å². The van der Waals surface area contributed by atoms with Crippen LogP contribution in [0.5, 0.6) is 0 Å². The second-order valence-electron chi connectivity index (χ2n) is 8.57. The van der Waals surface area contributed by atoms with Gasteiger partial charge < -0.3 is 9.80 Å². The van der Waals surface area contributed by atoms with E-state index in [4.69, 9.17) is 0 Å². The van der Waals surface area contributed by atoms with E-state index >= 15 is 0 Å². The van der Waals surface area contributed by atoms with Gasteiger partial charge in [-0.1, -0.05) is 38.1 Å². The van der Waals surface area contributed by atoms with Gasteiger partial charge in [-0.05, 0) is 36.3 Å². The number of nitrogens with zero attached hydrogens (tertiary/aromatic N) is 4. The Hall–Kier alpha value is -2.76. The molecule has 0 N–H and O–H groups in total. The molecule has 0 unspecified atom stereocenters. The zero-order valence-corrected chi connectivity index (χ0v) is 17.2. The molecule has 3 heterocycles. The molecule has 0 aliphatic carbocycles. The number of rotatable bonds is 4. The maximum atomic E-state index is 13.4. The van der Waals surface area contributed by atoms with Crippen molar-refractivity contribution in [2.24, 2.45) is 5.41 Å². The van der Waals surface area contributed by atoms with Crippen LogP contribution in [0.25, 0.3) is 0 Å². The van der Waals surface area contributed by atoms with E-state index in [1.54, 1.807) is 11.1 Å². The van der Waals surface area contributed by atoms with Crippen LogP contribution >= 0.6 is 0 Å². The quantitative estimate of drug-likeness (QED) is 0.801. The predicted molar refractivity (Wildman–Crippen MR) is 110 cm³/mol. The highest BCUT2D eigenvalue weighted by molar-refractivity contribution is 5.93. The first kappa shape index (κ1) is 19.6. The molecule has 2 aliphatic rings. The van der Waals surface area contributed by atoms with Crippen molar-refractivity contribution in [2.45, 2.75) is 45.6 Å². The molecule has 2 fully saturated rings. The van der Waals surface area contributed by atoms with Gasteiger partial charge in [0.2, 0.25) is 5.91 Å². The highest BCUT2D eigenvalue weighted by Crippen LogP contribution is 2.40. The Morgan fingerprint density at radius 2 is 1.93 bits per heavy atom. The molecule has 0 bridgehead atoms. The van der Waals surface area contributed by atoms with E-state index in [9.17, 15) is 9.59 Å². The summed E-state index contributed by atoms with van der Waals surface area (Å²) in [5, 5.41) is 0. The number of likely N-dealkylation sites (tertiary alicyclic amines) is 2. The molecule has 2 amide bonds. The molecular weight excluding hydrogens is 364 g/mol. The van der Waals surface area contributed by atoms with Crippen LogP contribution in [0, 0.1) is 5.41 Å². The number of piperidine rings is 1. The fourth-order valence-corrected chi connectivity index (χ4v) is 4.53. The van der Waals surface area contributed by atoms with Gasteiger partial charge in [0.1, 0.15) is 5.69 Å². The lowest BCUT2D eigenvalue weighted by Crippen LogP contribution is -2.50. The van der Waals surface area contributed by atoms with Crippen molar-refractivity contribution < 1.29 is 9.59 Å². The number of carbonyl (C=O) groups excluding carboxylic acids is 2. The standard InChI is InChI=1S/C23H28N4O2/c1-17(2)19-6-4-18(5-7-19)15-26-12-3-8-23(22(26)29)9-13-27(16-23)21(28)20-14-24-10-11-25-20/h4-7,10-11,14,17H,3,8-9,12-13,15-16H2,1-2H3/t23-/m0/s1. The summed E-state index contributed by atoms with van der Waals surface area (Å²) in [5.41, 5.74) is 2.36. The molecule has 1 aromatic carbocycles. The van der Waals surface area contributed by atoms with Crippen molar-refractivity contribution in [1.82, 2.24) is 19.8 Å². The SMILES string of the molecule is CC(C)c1ccc(CN2CCC[C@@]3(CCN(C(=O)c4cnccn4)C3)C2=O)cc1. The normalized spacial score (nSPS) is 22.0. The van der Waals surface area contributed by atoms with Crippen LogP contribution < -0.4 is 0 Å². The third-order valence-corrected chi connectivity index (χ3v) is 6.27. The number of hydrogen-bond donors (Lipinski definition) is 0. The summed E-state index contributed by atoms with van der Waals surface area (Å²) >= 11 is 0. The van der Waals surface area contributed by atoms with Gasteiger partial charge in [0, 0.05) is 38.6 Å². The van der Waals surface area contributed by atoms with Gasteiger partial charge in [-0.25, -0.2) is 4.98 Å². The number of aromatic nitrogens is 2. The Bertz CT molecular complexity index is 882. The van der Waals surface area contributed by atoms with Crippen LogP contribution in [0.1, 0.15) is 60.6 Å². The Morgan fingerprint density at radius 1 is 1.14 bits per heavy atom. The Morgan fingerprint density at radius 3 is 2.62 bits per heavy atom. The van der Waals surface area contributed by atoms with Gasteiger partial charge in [-0.3, -0.25) is 14.6 Å². The third-order valence-electron chi connectivity index (χ3n) is 6.27. The van der Waals surface area contributed by atoms with Gasteiger partial charge in [-0.2, -0.15) is 0 Å². The van der Waals surface area contributed by atoms with Gasteiger partial charge >= 0.3 is 0 Å². The number of benzene rings is 1. The van der Waals surface area contributed by atoms with E-state index in [1.165, 1.54) is 18.0 Å². The van der Waals surface area contributed by atoms with E-state index in [-0.39, 0.29) is 11.8 Å². The number of amides is 2. The first-order valence-electron chi connectivity index (χ1n) is 10.4. The lowest BCUT2D eigenvalue weighted by molar-refractivity contribution is -0.146. The minimum atomic E-state index is -0.450. The smallest absolute Gasteiger partial charge is 0.274 e. The summed E-state index contributed by atoms with van der Waals surface area (Å²) in [4.78, 5) is 38.0. The lowest BCUT2D eigenvalue weighted by atomic mass is 9.78. The summed E-state index contributed by atoms with van der Waals surface area (Å²) in [5.74, 6) is 0.551. The van der Waals surface area contributed by atoms with Crippen molar-refractivity contribution in [1.29, 1.82) is 0 Å². The lowest BCUT2D eigenvalue weighted by Gasteiger charge is -2.39. The van der Waals surface area contributed by atoms with Crippen molar-refractivity contribution in [2.75, 3.05) is 19.6 Å². The van der Waals surface area contributed by atoms with Gasteiger partial charge in [0.15, 0.2) is 0 Å². The molecule has 4 rings (SSSR count). The van der Waals surface area contributed by atoms with E-state index < -0.39 is 5.41 Å². The minimum absolute atomic E-state index is 0.135. The molecule has 29 heavy (non-hydrogen) atoms. The summed E-state index contributed by atoms with van der Waals surface area (Å²) < 4.78 is 0.